The molecule has 2 unspecified atom stereocenters. The van der Waals surface area contributed by atoms with Crippen LogP contribution >= 0.6 is 0 Å². The first-order chi connectivity index (χ1) is 7.23. The summed E-state index contributed by atoms with van der Waals surface area (Å²) < 4.78 is 0. The third-order valence-electron chi connectivity index (χ3n) is 3.20. The summed E-state index contributed by atoms with van der Waals surface area (Å²) in [7, 11) is 0. The monoisotopic (exact) mass is 200 g/mol. The van der Waals surface area contributed by atoms with Crippen LogP contribution in [0.1, 0.15) is 31.2 Å². The van der Waals surface area contributed by atoms with Crippen LogP contribution in [0.25, 0.3) is 0 Å². The largest absolute Gasteiger partial charge is 0.302 e. The highest BCUT2D eigenvalue weighted by molar-refractivity contribution is 5.62. The van der Waals surface area contributed by atoms with Crippen molar-refractivity contribution in [1.82, 2.24) is 0 Å². The fourth-order valence-corrected chi connectivity index (χ4v) is 2.06. The maximum atomic E-state index is 10.9. The molecule has 1 nitrogen and oxygen atoms in total. The summed E-state index contributed by atoms with van der Waals surface area (Å²) in [6.45, 7) is 2.00. The van der Waals surface area contributed by atoms with Crippen molar-refractivity contribution in [3.8, 4) is 0 Å². The van der Waals surface area contributed by atoms with E-state index in [2.05, 4.69) is 36.4 Å². The highest BCUT2D eigenvalue weighted by atomic mass is 16.1. The highest BCUT2D eigenvalue weighted by Gasteiger charge is 2.26. The second kappa shape index (κ2) is 4.01. The minimum atomic E-state index is -0.231. The summed E-state index contributed by atoms with van der Waals surface area (Å²) in [6.07, 6.45) is 7.31. The predicted octanol–water partition coefficient (Wildman–Crippen LogP) is 3.33. The van der Waals surface area contributed by atoms with E-state index in [0.29, 0.717) is 5.92 Å². The second-order valence-corrected chi connectivity index (χ2v) is 4.54. The Morgan fingerprint density at radius 2 is 2.07 bits per heavy atom. The SMILES string of the molecule is CC1(C=O)C=CC(c2ccccc2)CC1. The van der Waals surface area contributed by atoms with Gasteiger partial charge in [-0.05, 0) is 25.3 Å². The van der Waals surface area contributed by atoms with Gasteiger partial charge in [-0.3, -0.25) is 0 Å². The van der Waals surface area contributed by atoms with E-state index in [1.165, 1.54) is 5.56 Å². The van der Waals surface area contributed by atoms with Gasteiger partial charge in [0.15, 0.2) is 0 Å². The van der Waals surface area contributed by atoms with Crippen LogP contribution in [0.4, 0.5) is 0 Å². The molecule has 2 atom stereocenters. The predicted molar refractivity (Wildman–Crippen MR) is 61.7 cm³/mol. The normalized spacial score (nSPS) is 30.1. The van der Waals surface area contributed by atoms with Gasteiger partial charge in [0.2, 0.25) is 0 Å². The molecular formula is C14H16O. The Labute approximate surface area is 90.8 Å². The van der Waals surface area contributed by atoms with E-state index >= 15 is 0 Å². The summed E-state index contributed by atoms with van der Waals surface area (Å²) >= 11 is 0. The smallest absolute Gasteiger partial charge is 0.129 e. The molecule has 0 aliphatic heterocycles. The molecule has 1 aliphatic carbocycles. The van der Waals surface area contributed by atoms with Crippen LogP contribution in [-0.4, -0.2) is 6.29 Å². The van der Waals surface area contributed by atoms with Crippen molar-refractivity contribution < 1.29 is 4.79 Å². The van der Waals surface area contributed by atoms with Crippen LogP contribution in [0, 0.1) is 5.41 Å². The van der Waals surface area contributed by atoms with E-state index in [4.69, 9.17) is 0 Å². The molecule has 15 heavy (non-hydrogen) atoms. The molecule has 0 saturated heterocycles. The summed E-state index contributed by atoms with van der Waals surface area (Å²) in [5.41, 5.74) is 1.12. The van der Waals surface area contributed by atoms with Gasteiger partial charge in [0.25, 0.3) is 0 Å². The van der Waals surface area contributed by atoms with Crippen molar-refractivity contribution in [2.45, 2.75) is 25.7 Å². The quantitative estimate of drug-likeness (QED) is 0.528. The third kappa shape index (κ3) is 2.17. The fourth-order valence-electron chi connectivity index (χ4n) is 2.06. The van der Waals surface area contributed by atoms with E-state index in [1.807, 2.05) is 13.0 Å². The van der Waals surface area contributed by atoms with Crippen molar-refractivity contribution in [2.24, 2.45) is 5.41 Å². The number of hydrogen-bond acceptors (Lipinski definition) is 1. The van der Waals surface area contributed by atoms with Crippen molar-refractivity contribution in [3.05, 3.63) is 48.0 Å². The van der Waals surface area contributed by atoms with E-state index in [1.54, 1.807) is 0 Å². The zero-order valence-corrected chi connectivity index (χ0v) is 9.02. The summed E-state index contributed by atoms with van der Waals surface area (Å²) in [4.78, 5) is 10.9. The number of carbonyl (C=O) groups is 1. The molecule has 78 valence electrons. The Hall–Kier alpha value is -1.37. The Kier molecular flexibility index (Phi) is 2.72. The van der Waals surface area contributed by atoms with Crippen LogP contribution in [0.3, 0.4) is 0 Å². The van der Waals surface area contributed by atoms with Gasteiger partial charge in [-0.2, -0.15) is 0 Å². The first-order valence-corrected chi connectivity index (χ1v) is 5.44. The number of rotatable bonds is 2. The number of carbonyl (C=O) groups excluding carboxylic acids is 1. The van der Waals surface area contributed by atoms with Crippen molar-refractivity contribution in [2.75, 3.05) is 0 Å². The summed E-state index contributed by atoms with van der Waals surface area (Å²) in [5, 5.41) is 0. The summed E-state index contributed by atoms with van der Waals surface area (Å²) in [5.74, 6) is 0.485. The average molecular weight is 200 g/mol. The molecule has 1 heteroatoms. The van der Waals surface area contributed by atoms with Crippen molar-refractivity contribution in [1.29, 1.82) is 0 Å². The van der Waals surface area contributed by atoms with Gasteiger partial charge >= 0.3 is 0 Å². The molecule has 1 aliphatic rings. The Morgan fingerprint density at radius 3 is 2.60 bits per heavy atom. The van der Waals surface area contributed by atoms with E-state index in [9.17, 15) is 4.79 Å². The topological polar surface area (TPSA) is 17.1 Å². The van der Waals surface area contributed by atoms with Crippen LogP contribution in [0.5, 0.6) is 0 Å². The van der Waals surface area contributed by atoms with Crippen molar-refractivity contribution >= 4 is 6.29 Å². The summed E-state index contributed by atoms with van der Waals surface area (Å²) in [6, 6.07) is 10.5. The molecule has 0 heterocycles. The Bertz CT molecular complexity index is 366. The van der Waals surface area contributed by atoms with Gasteiger partial charge in [0, 0.05) is 11.3 Å². The van der Waals surface area contributed by atoms with Crippen LogP contribution in [0.2, 0.25) is 0 Å². The first-order valence-electron chi connectivity index (χ1n) is 5.44. The molecule has 0 saturated carbocycles. The number of benzene rings is 1. The lowest BCUT2D eigenvalue weighted by molar-refractivity contribution is -0.113. The maximum absolute atomic E-state index is 10.9. The van der Waals surface area contributed by atoms with Gasteiger partial charge in [0.1, 0.15) is 6.29 Å². The maximum Gasteiger partial charge on any atom is 0.129 e. The lowest BCUT2D eigenvalue weighted by Crippen LogP contribution is -2.20. The van der Waals surface area contributed by atoms with E-state index in [0.717, 1.165) is 19.1 Å². The van der Waals surface area contributed by atoms with Crippen molar-refractivity contribution in [3.63, 3.8) is 0 Å². The Morgan fingerprint density at radius 1 is 1.33 bits per heavy atom. The lowest BCUT2D eigenvalue weighted by Gasteiger charge is -2.27. The van der Waals surface area contributed by atoms with Crippen LogP contribution in [0.15, 0.2) is 42.5 Å². The third-order valence-corrected chi connectivity index (χ3v) is 3.20. The molecule has 0 aromatic heterocycles. The Balaban J connectivity index is 2.17. The van der Waals surface area contributed by atoms with E-state index < -0.39 is 0 Å². The molecule has 0 bridgehead atoms. The molecule has 1 aromatic carbocycles. The van der Waals surface area contributed by atoms with Gasteiger partial charge in [-0.15, -0.1) is 0 Å². The van der Waals surface area contributed by atoms with Crippen LogP contribution < -0.4 is 0 Å². The first kappa shape index (κ1) is 10.2. The molecule has 0 radical (unpaired) electrons. The molecule has 1 aromatic rings. The highest BCUT2D eigenvalue weighted by Crippen LogP contribution is 2.35. The van der Waals surface area contributed by atoms with E-state index in [-0.39, 0.29) is 5.41 Å². The number of hydrogen-bond donors (Lipinski definition) is 0. The van der Waals surface area contributed by atoms with Gasteiger partial charge in [0.05, 0.1) is 0 Å². The lowest BCUT2D eigenvalue weighted by atomic mass is 9.76. The number of allylic oxidation sites excluding steroid dienone is 2. The average Bonchev–Trinajstić information content (AvgIpc) is 2.31. The molecule has 2 rings (SSSR count). The molecule has 0 spiro atoms. The van der Waals surface area contributed by atoms with Gasteiger partial charge < -0.3 is 4.79 Å². The zero-order valence-electron chi connectivity index (χ0n) is 9.02. The molecule has 0 fully saturated rings. The number of aldehydes is 1. The molecule has 0 amide bonds. The molecular weight excluding hydrogens is 184 g/mol. The van der Waals surface area contributed by atoms with Crippen LogP contribution in [-0.2, 0) is 4.79 Å². The zero-order chi connectivity index (χ0) is 10.7. The minimum absolute atomic E-state index is 0.231. The standard InChI is InChI=1S/C14H16O/c1-14(11-15)9-7-13(8-10-14)12-5-3-2-4-6-12/h2-7,9,11,13H,8,10H2,1H3. The van der Waals surface area contributed by atoms with Gasteiger partial charge in [-0.25, -0.2) is 0 Å². The second-order valence-electron chi connectivity index (χ2n) is 4.54. The molecule has 0 N–H and O–H groups in total. The van der Waals surface area contributed by atoms with Gasteiger partial charge in [-0.1, -0.05) is 42.5 Å². The fraction of sp³-hybridized carbons (Fsp3) is 0.357. The minimum Gasteiger partial charge on any atom is -0.302 e.